The molecule has 82 valence electrons. The van der Waals surface area contributed by atoms with E-state index in [-0.39, 0.29) is 6.54 Å². The highest BCUT2D eigenvalue weighted by Gasteiger charge is 2.07. The Morgan fingerprint density at radius 2 is 2.27 bits per heavy atom. The van der Waals surface area contributed by atoms with Gasteiger partial charge in [0.05, 0.1) is 6.54 Å². The van der Waals surface area contributed by atoms with Gasteiger partial charge in [-0.15, -0.1) is 0 Å². The fourth-order valence-electron chi connectivity index (χ4n) is 1.09. The number of rotatable bonds is 4. The second kappa shape index (κ2) is 5.04. The molecule has 6 nitrogen and oxygen atoms in total. The predicted molar refractivity (Wildman–Crippen MR) is 53.1 cm³/mol. The van der Waals surface area contributed by atoms with Gasteiger partial charge in [-0.1, -0.05) is 4.73 Å². The number of anilines is 1. The van der Waals surface area contributed by atoms with Gasteiger partial charge in [0.2, 0.25) is 0 Å². The molecule has 0 aliphatic rings. The van der Waals surface area contributed by atoms with Gasteiger partial charge in [0.25, 0.3) is 0 Å². The lowest BCUT2D eigenvalue weighted by Gasteiger charge is -2.02. The summed E-state index contributed by atoms with van der Waals surface area (Å²) in [6, 6.07) is 3.53. The van der Waals surface area contributed by atoms with Crippen LogP contribution in [0.5, 0.6) is 0 Å². The van der Waals surface area contributed by atoms with Crippen molar-refractivity contribution in [1.29, 1.82) is 0 Å². The molecule has 0 radical (unpaired) electrons. The third kappa shape index (κ3) is 3.72. The van der Waals surface area contributed by atoms with Crippen molar-refractivity contribution in [2.75, 3.05) is 18.4 Å². The molecule has 0 aromatic carbocycles. The average molecular weight is 212 g/mol. The third-order valence-electron chi connectivity index (χ3n) is 1.80. The molecule has 0 aliphatic carbocycles. The summed E-state index contributed by atoms with van der Waals surface area (Å²) in [7, 11) is 0. The van der Waals surface area contributed by atoms with Crippen molar-refractivity contribution < 1.29 is 19.8 Å². The first-order chi connectivity index (χ1) is 7.09. The second-order valence-corrected chi connectivity index (χ2v) is 3.09. The van der Waals surface area contributed by atoms with Crippen LogP contribution in [0, 0.1) is 6.92 Å². The highest BCUT2D eigenvalue weighted by atomic mass is 16.5. The Labute approximate surface area is 87.1 Å². The Balaban J connectivity index is 2.43. The smallest absolute Gasteiger partial charge is 0.404 e. The molecule has 1 heterocycles. The largest absolute Gasteiger partial charge is 0.465 e. The molecule has 1 aromatic heterocycles. The van der Waals surface area contributed by atoms with Gasteiger partial charge in [-0.3, -0.25) is 5.32 Å². The van der Waals surface area contributed by atoms with Crippen LogP contribution >= 0.6 is 0 Å². The molecular formula is C9H14N3O3+. The first-order valence-corrected chi connectivity index (χ1v) is 4.52. The van der Waals surface area contributed by atoms with Crippen LogP contribution in [0.15, 0.2) is 18.3 Å². The van der Waals surface area contributed by atoms with E-state index in [0.29, 0.717) is 12.4 Å². The topological polar surface area (TPSA) is 85.5 Å². The van der Waals surface area contributed by atoms with E-state index < -0.39 is 6.09 Å². The lowest BCUT2D eigenvalue weighted by molar-refractivity contribution is -0.893. The van der Waals surface area contributed by atoms with E-state index >= 15 is 0 Å². The number of carbonyl (C=O) groups is 1. The van der Waals surface area contributed by atoms with Crippen molar-refractivity contribution >= 4 is 11.9 Å². The average Bonchev–Trinajstić information content (AvgIpc) is 2.17. The number of amides is 1. The molecule has 0 unspecified atom stereocenters. The van der Waals surface area contributed by atoms with Gasteiger partial charge in [0.1, 0.15) is 12.7 Å². The summed E-state index contributed by atoms with van der Waals surface area (Å²) < 4.78 is 0.952. The lowest BCUT2D eigenvalue weighted by Crippen LogP contribution is -2.36. The molecule has 1 rings (SSSR count). The molecule has 0 aliphatic heterocycles. The van der Waals surface area contributed by atoms with Crippen molar-refractivity contribution in [2.45, 2.75) is 6.92 Å². The standard InChI is InChI=1S/C9H13N3O3/c1-7-2-5-12(15)8(6-7)10-3-4-11-9(13)14/h2,5-6,11,15H,3-4H2,1H3,(H,13,14)/p+1. The van der Waals surface area contributed by atoms with Gasteiger partial charge in [-0.2, -0.15) is 0 Å². The van der Waals surface area contributed by atoms with E-state index in [1.807, 2.05) is 6.92 Å². The van der Waals surface area contributed by atoms with Crippen molar-refractivity contribution in [3.8, 4) is 0 Å². The maximum absolute atomic E-state index is 10.1. The molecule has 15 heavy (non-hydrogen) atoms. The van der Waals surface area contributed by atoms with Crippen LogP contribution in [0.1, 0.15) is 5.56 Å². The summed E-state index contributed by atoms with van der Waals surface area (Å²) >= 11 is 0. The number of nitrogens with one attached hydrogen (secondary N) is 2. The number of pyridine rings is 1. The molecule has 1 amide bonds. The molecule has 4 N–H and O–H groups in total. The minimum Gasteiger partial charge on any atom is -0.465 e. The van der Waals surface area contributed by atoms with Crippen molar-refractivity contribution in [2.24, 2.45) is 0 Å². The molecule has 0 saturated heterocycles. The van der Waals surface area contributed by atoms with Crippen molar-refractivity contribution in [3.63, 3.8) is 0 Å². The Kier molecular flexibility index (Phi) is 3.73. The first kappa shape index (κ1) is 11.1. The van der Waals surface area contributed by atoms with Crippen LogP contribution in [0.2, 0.25) is 0 Å². The zero-order valence-electron chi connectivity index (χ0n) is 8.40. The van der Waals surface area contributed by atoms with E-state index in [1.165, 1.54) is 6.20 Å². The molecule has 0 spiro atoms. The molecule has 0 saturated carbocycles. The van der Waals surface area contributed by atoms with Crippen molar-refractivity contribution in [1.82, 2.24) is 5.32 Å². The van der Waals surface area contributed by atoms with Crippen LogP contribution in [0.3, 0.4) is 0 Å². The van der Waals surface area contributed by atoms with E-state index in [4.69, 9.17) is 5.11 Å². The highest BCUT2D eigenvalue weighted by Crippen LogP contribution is 2.01. The highest BCUT2D eigenvalue weighted by molar-refractivity contribution is 5.64. The summed E-state index contributed by atoms with van der Waals surface area (Å²) in [4.78, 5) is 10.1. The molecule has 0 bridgehead atoms. The molecular weight excluding hydrogens is 198 g/mol. The molecule has 1 aromatic rings. The van der Waals surface area contributed by atoms with Gasteiger partial charge in [0.15, 0.2) is 0 Å². The molecule has 0 fully saturated rings. The normalized spacial score (nSPS) is 9.67. The van der Waals surface area contributed by atoms with Crippen LogP contribution < -0.4 is 15.4 Å². The van der Waals surface area contributed by atoms with Gasteiger partial charge in [-0.05, 0) is 18.6 Å². The van der Waals surface area contributed by atoms with E-state index in [1.54, 1.807) is 12.1 Å². The minimum atomic E-state index is -1.06. The number of aryl methyl sites for hydroxylation is 1. The maximum atomic E-state index is 10.1. The number of nitrogens with zero attached hydrogens (tertiary/aromatic N) is 1. The fourth-order valence-corrected chi connectivity index (χ4v) is 1.09. The van der Waals surface area contributed by atoms with Gasteiger partial charge in [-0.25, -0.2) is 4.79 Å². The summed E-state index contributed by atoms with van der Waals surface area (Å²) in [6.45, 7) is 2.60. The lowest BCUT2D eigenvalue weighted by atomic mass is 10.3. The van der Waals surface area contributed by atoms with Crippen LogP contribution in [0.4, 0.5) is 10.6 Å². The van der Waals surface area contributed by atoms with Gasteiger partial charge >= 0.3 is 11.9 Å². The number of carboxylic acid groups (broad SMARTS) is 1. The van der Waals surface area contributed by atoms with E-state index in [9.17, 15) is 10.0 Å². The third-order valence-corrected chi connectivity index (χ3v) is 1.80. The fraction of sp³-hybridized carbons (Fsp3) is 0.333. The van der Waals surface area contributed by atoms with E-state index in [2.05, 4.69) is 10.6 Å². The zero-order valence-corrected chi connectivity index (χ0v) is 8.40. The van der Waals surface area contributed by atoms with Crippen molar-refractivity contribution in [3.05, 3.63) is 23.9 Å². The number of aromatic nitrogens is 1. The van der Waals surface area contributed by atoms with Crippen LogP contribution in [-0.4, -0.2) is 29.5 Å². The summed E-state index contributed by atoms with van der Waals surface area (Å²) in [5.74, 6) is 0.530. The first-order valence-electron chi connectivity index (χ1n) is 4.52. The summed E-state index contributed by atoms with van der Waals surface area (Å²) in [6.07, 6.45) is 0.459. The van der Waals surface area contributed by atoms with Gasteiger partial charge in [0, 0.05) is 6.07 Å². The predicted octanol–water partition coefficient (Wildman–Crippen LogP) is 0.199. The summed E-state index contributed by atoms with van der Waals surface area (Å²) in [5, 5.41) is 22.8. The van der Waals surface area contributed by atoms with Gasteiger partial charge < -0.3 is 15.6 Å². The quantitative estimate of drug-likeness (QED) is 0.326. The SMILES string of the molecule is Cc1cc[n+](O)c(NCCNC(=O)O)c1. The Bertz CT molecular complexity index is 354. The Hall–Kier alpha value is -1.98. The monoisotopic (exact) mass is 212 g/mol. The zero-order chi connectivity index (χ0) is 11.3. The number of hydrogen-bond donors (Lipinski definition) is 4. The summed E-state index contributed by atoms with van der Waals surface area (Å²) in [5.41, 5.74) is 1.01. The molecule has 0 atom stereocenters. The van der Waals surface area contributed by atoms with E-state index in [0.717, 1.165) is 10.3 Å². The van der Waals surface area contributed by atoms with Crippen LogP contribution in [-0.2, 0) is 0 Å². The Morgan fingerprint density at radius 3 is 2.93 bits per heavy atom. The maximum Gasteiger partial charge on any atom is 0.404 e. The molecule has 6 heteroatoms. The second-order valence-electron chi connectivity index (χ2n) is 3.09. The Morgan fingerprint density at radius 1 is 1.53 bits per heavy atom. The number of hydrogen-bond acceptors (Lipinski definition) is 3. The van der Waals surface area contributed by atoms with Crippen LogP contribution in [0.25, 0.3) is 0 Å². The minimum absolute atomic E-state index is 0.281.